The molecule has 0 spiro atoms. The maximum atomic E-state index is 12.3. The zero-order chi connectivity index (χ0) is 17.3. The van der Waals surface area contributed by atoms with Gasteiger partial charge >= 0.3 is 0 Å². The molecule has 1 aromatic heterocycles. The molecule has 3 aromatic rings. The van der Waals surface area contributed by atoms with Gasteiger partial charge in [-0.25, -0.2) is 0 Å². The van der Waals surface area contributed by atoms with Crippen molar-refractivity contribution < 1.29 is 8.42 Å². The van der Waals surface area contributed by atoms with Crippen molar-refractivity contribution in [2.75, 3.05) is 0 Å². The lowest BCUT2D eigenvalue weighted by Gasteiger charge is -2.07. The second-order valence-electron chi connectivity index (χ2n) is 5.75. The van der Waals surface area contributed by atoms with Crippen molar-refractivity contribution in [3.8, 4) is 0 Å². The van der Waals surface area contributed by atoms with Crippen LogP contribution in [0.4, 0.5) is 0 Å². The molecule has 0 bridgehead atoms. The van der Waals surface area contributed by atoms with Gasteiger partial charge < -0.3 is 4.57 Å². The number of hydrogen-bond donors (Lipinski definition) is 1. The molecule has 0 fully saturated rings. The van der Waals surface area contributed by atoms with Crippen molar-refractivity contribution in [1.82, 2.24) is 9.40 Å². The van der Waals surface area contributed by atoms with Crippen LogP contribution in [0.15, 0.2) is 64.6 Å². The molecule has 1 N–H and O–H groups in total. The number of benzene rings is 2. The molecule has 6 heteroatoms. The predicted octanol–water partition coefficient (Wildman–Crippen LogP) is 3.19. The first-order valence-corrected chi connectivity index (χ1v) is 9.04. The Bertz CT molecular complexity index is 1020. The van der Waals surface area contributed by atoms with Crippen LogP contribution in [0.1, 0.15) is 18.2 Å². The molecule has 5 nitrogen and oxygen atoms in total. The fraction of sp³-hybridized carbons (Fsp3) is 0.167. The number of rotatable bonds is 4. The SMILES string of the molecule is C/C(=N\NS(=O)(=O)c1ccc(C)cc1)c1cc2ccccc2n1C. The van der Waals surface area contributed by atoms with Gasteiger partial charge in [0, 0.05) is 18.0 Å². The quantitative estimate of drug-likeness (QED) is 0.585. The van der Waals surface area contributed by atoms with E-state index < -0.39 is 10.0 Å². The highest BCUT2D eigenvalue weighted by molar-refractivity contribution is 7.89. The molecule has 0 aliphatic rings. The van der Waals surface area contributed by atoms with Crippen molar-refractivity contribution >= 4 is 26.6 Å². The lowest BCUT2D eigenvalue weighted by atomic mass is 10.2. The zero-order valence-electron chi connectivity index (χ0n) is 13.8. The van der Waals surface area contributed by atoms with Crippen LogP contribution in [0.25, 0.3) is 10.9 Å². The third-order valence-corrected chi connectivity index (χ3v) is 5.21. The van der Waals surface area contributed by atoms with E-state index in [2.05, 4.69) is 9.93 Å². The summed E-state index contributed by atoms with van der Waals surface area (Å²) in [5, 5.41) is 5.17. The van der Waals surface area contributed by atoms with Gasteiger partial charge in [0.1, 0.15) is 0 Å². The number of hydrazone groups is 1. The average Bonchev–Trinajstić information content (AvgIpc) is 2.91. The fourth-order valence-electron chi connectivity index (χ4n) is 2.59. The van der Waals surface area contributed by atoms with Crippen LogP contribution >= 0.6 is 0 Å². The summed E-state index contributed by atoms with van der Waals surface area (Å²) in [6.07, 6.45) is 0. The standard InChI is InChI=1S/C18H19N3O2S/c1-13-8-10-16(11-9-13)24(22,23)20-19-14(2)18-12-15-6-4-5-7-17(15)21(18)3/h4-12,20H,1-3H3/b19-14+. The Morgan fingerprint density at radius 1 is 1.08 bits per heavy atom. The Balaban J connectivity index is 1.90. The summed E-state index contributed by atoms with van der Waals surface area (Å²) in [6.45, 7) is 3.69. The first-order valence-electron chi connectivity index (χ1n) is 7.56. The Labute approximate surface area is 141 Å². The van der Waals surface area contributed by atoms with E-state index in [4.69, 9.17) is 0 Å². The molecular weight excluding hydrogens is 322 g/mol. The van der Waals surface area contributed by atoms with Crippen LogP contribution in [0.3, 0.4) is 0 Å². The lowest BCUT2D eigenvalue weighted by molar-refractivity contribution is 0.584. The molecule has 2 aromatic carbocycles. The first-order chi connectivity index (χ1) is 11.4. The normalized spacial score (nSPS) is 12.5. The average molecular weight is 341 g/mol. The minimum Gasteiger partial charge on any atom is -0.343 e. The molecule has 0 radical (unpaired) electrons. The van der Waals surface area contributed by atoms with Crippen molar-refractivity contribution in [2.24, 2.45) is 12.1 Å². The van der Waals surface area contributed by atoms with Gasteiger partial charge in [0.2, 0.25) is 0 Å². The number of fused-ring (bicyclic) bond motifs is 1. The lowest BCUT2D eigenvalue weighted by Crippen LogP contribution is -2.20. The Hall–Kier alpha value is -2.60. The molecule has 0 aliphatic carbocycles. The molecule has 24 heavy (non-hydrogen) atoms. The summed E-state index contributed by atoms with van der Waals surface area (Å²) in [4.78, 5) is 2.51. The predicted molar refractivity (Wildman–Crippen MR) is 96.6 cm³/mol. The Kier molecular flexibility index (Phi) is 4.15. The van der Waals surface area contributed by atoms with Crippen LogP contribution in [0, 0.1) is 6.92 Å². The van der Waals surface area contributed by atoms with Crippen molar-refractivity contribution in [3.05, 3.63) is 65.9 Å². The number of sulfonamides is 1. The highest BCUT2D eigenvalue weighted by atomic mass is 32.2. The number of aryl methyl sites for hydroxylation is 2. The summed E-state index contributed by atoms with van der Waals surface area (Å²) < 4.78 is 26.6. The van der Waals surface area contributed by atoms with E-state index in [-0.39, 0.29) is 4.90 Å². The molecule has 124 valence electrons. The van der Waals surface area contributed by atoms with E-state index in [1.807, 2.05) is 48.9 Å². The second-order valence-corrected chi connectivity index (χ2v) is 7.41. The van der Waals surface area contributed by atoms with Crippen LogP contribution in [0.5, 0.6) is 0 Å². The number of para-hydroxylation sites is 1. The Morgan fingerprint density at radius 3 is 2.42 bits per heavy atom. The van der Waals surface area contributed by atoms with E-state index >= 15 is 0 Å². The molecule has 1 heterocycles. The number of aromatic nitrogens is 1. The fourth-order valence-corrected chi connectivity index (χ4v) is 3.45. The van der Waals surface area contributed by atoms with Gasteiger partial charge in [0.25, 0.3) is 10.0 Å². The van der Waals surface area contributed by atoms with Crippen LogP contribution in [0.2, 0.25) is 0 Å². The van der Waals surface area contributed by atoms with Crippen LogP contribution in [-0.4, -0.2) is 18.7 Å². The number of hydrogen-bond acceptors (Lipinski definition) is 3. The van der Waals surface area contributed by atoms with E-state index in [0.717, 1.165) is 22.2 Å². The molecule has 0 unspecified atom stereocenters. The monoisotopic (exact) mass is 341 g/mol. The Morgan fingerprint density at radius 2 is 1.75 bits per heavy atom. The molecule has 0 aliphatic heterocycles. The molecule has 0 atom stereocenters. The molecular formula is C18H19N3O2S. The van der Waals surface area contributed by atoms with Crippen molar-refractivity contribution in [1.29, 1.82) is 0 Å². The van der Waals surface area contributed by atoms with E-state index in [1.165, 1.54) is 0 Å². The molecule has 3 rings (SSSR count). The second kappa shape index (κ2) is 6.13. The van der Waals surface area contributed by atoms with Gasteiger partial charge in [-0.05, 0) is 38.1 Å². The third-order valence-electron chi connectivity index (χ3n) is 3.99. The van der Waals surface area contributed by atoms with Gasteiger partial charge in [-0.3, -0.25) is 0 Å². The summed E-state index contributed by atoms with van der Waals surface area (Å²) in [6, 6.07) is 16.6. The van der Waals surface area contributed by atoms with E-state index in [1.54, 1.807) is 31.2 Å². The molecule has 0 amide bonds. The van der Waals surface area contributed by atoms with Gasteiger partial charge in [-0.2, -0.15) is 18.4 Å². The highest BCUT2D eigenvalue weighted by Crippen LogP contribution is 2.19. The highest BCUT2D eigenvalue weighted by Gasteiger charge is 2.14. The third kappa shape index (κ3) is 3.05. The molecule has 0 saturated carbocycles. The molecule has 0 saturated heterocycles. The van der Waals surface area contributed by atoms with Gasteiger partial charge in [0.15, 0.2) is 0 Å². The van der Waals surface area contributed by atoms with Gasteiger partial charge in [0.05, 0.1) is 16.3 Å². The number of nitrogens with zero attached hydrogens (tertiary/aromatic N) is 2. The minimum atomic E-state index is -3.67. The van der Waals surface area contributed by atoms with Crippen molar-refractivity contribution in [2.45, 2.75) is 18.7 Å². The smallest absolute Gasteiger partial charge is 0.276 e. The zero-order valence-corrected chi connectivity index (χ0v) is 14.6. The van der Waals surface area contributed by atoms with Gasteiger partial charge in [-0.15, -0.1) is 0 Å². The maximum Gasteiger partial charge on any atom is 0.276 e. The largest absolute Gasteiger partial charge is 0.343 e. The van der Waals surface area contributed by atoms with E-state index in [0.29, 0.717) is 5.71 Å². The van der Waals surface area contributed by atoms with Gasteiger partial charge in [-0.1, -0.05) is 35.9 Å². The maximum absolute atomic E-state index is 12.3. The van der Waals surface area contributed by atoms with Crippen molar-refractivity contribution in [3.63, 3.8) is 0 Å². The summed E-state index contributed by atoms with van der Waals surface area (Å²) >= 11 is 0. The topological polar surface area (TPSA) is 63.5 Å². The van der Waals surface area contributed by atoms with E-state index in [9.17, 15) is 8.42 Å². The summed E-state index contributed by atoms with van der Waals surface area (Å²) in [5.41, 5.74) is 3.54. The summed E-state index contributed by atoms with van der Waals surface area (Å²) in [7, 11) is -1.73. The van der Waals surface area contributed by atoms with Crippen LogP contribution in [-0.2, 0) is 17.1 Å². The summed E-state index contributed by atoms with van der Waals surface area (Å²) in [5.74, 6) is 0. The number of nitrogens with one attached hydrogen (secondary N) is 1. The first kappa shape index (κ1) is 16.3. The minimum absolute atomic E-state index is 0.196. The van der Waals surface area contributed by atoms with Crippen LogP contribution < -0.4 is 4.83 Å².